The number of carbonyl (C=O) groups excluding carboxylic acids is 1. The lowest BCUT2D eigenvalue weighted by Gasteiger charge is -2.33. The third-order valence-electron chi connectivity index (χ3n) is 5.50. The van der Waals surface area contributed by atoms with E-state index in [1.165, 1.54) is 27.3 Å². The molecule has 5 heteroatoms. The highest BCUT2D eigenvalue weighted by atomic mass is 16.5. The first kappa shape index (κ1) is 20.4. The van der Waals surface area contributed by atoms with Gasteiger partial charge in [-0.25, -0.2) is 0 Å². The monoisotopic (exact) mass is 382 g/mol. The second-order valence-electron chi connectivity index (χ2n) is 7.58. The molecule has 1 unspecified atom stereocenters. The minimum atomic E-state index is -0.0476. The van der Waals surface area contributed by atoms with E-state index in [9.17, 15) is 4.79 Å². The molecule has 0 radical (unpaired) electrons. The maximum atomic E-state index is 12.1. The molecule has 0 spiro atoms. The number of rotatable bonds is 8. The largest absolute Gasteiger partial charge is 0.378 e. The number of carbonyl (C=O) groups is 1. The molecule has 28 heavy (non-hydrogen) atoms. The fraction of sp³-hybridized carbons (Fsp3) is 0.435. The van der Waals surface area contributed by atoms with Crippen molar-refractivity contribution in [1.29, 1.82) is 0 Å². The molecule has 0 saturated heterocycles. The SMILES string of the molecule is CCOCC(=O)NC[C@H](c1ccc(N(C)C)cc1)[NH+]1CCc2ccccc2C1. The van der Waals surface area contributed by atoms with Crippen LogP contribution < -0.4 is 15.1 Å². The first-order chi connectivity index (χ1) is 13.6. The van der Waals surface area contributed by atoms with Crippen LogP contribution in [-0.2, 0) is 22.5 Å². The number of amides is 1. The molecular formula is C23H32N3O2+. The van der Waals surface area contributed by atoms with E-state index in [-0.39, 0.29) is 18.6 Å². The highest BCUT2D eigenvalue weighted by molar-refractivity contribution is 5.77. The molecule has 0 bridgehead atoms. The van der Waals surface area contributed by atoms with E-state index in [1.54, 1.807) is 0 Å². The van der Waals surface area contributed by atoms with Crippen LogP contribution in [0.2, 0.25) is 0 Å². The zero-order chi connectivity index (χ0) is 19.9. The number of fused-ring (bicyclic) bond motifs is 1. The topological polar surface area (TPSA) is 46.0 Å². The first-order valence-corrected chi connectivity index (χ1v) is 10.1. The molecule has 3 rings (SSSR count). The summed E-state index contributed by atoms with van der Waals surface area (Å²) < 4.78 is 5.24. The highest BCUT2D eigenvalue weighted by Gasteiger charge is 2.28. The molecule has 1 aliphatic rings. The van der Waals surface area contributed by atoms with Gasteiger partial charge in [-0.05, 0) is 24.6 Å². The zero-order valence-corrected chi connectivity index (χ0v) is 17.2. The Labute approximate surface area is 168 Å². The van der Waals surface area contributed by atoms with E-state index in [4.69, 9.17) is 4.74 Å². The molecule has 0 aromatic heterocycles. The van der Waals surface area contributed by atoms with Gasteiger partial charge in [-0.3, -0.25) is 4.79 Å². The smallest absolute Gasteiger partial charge is 0.246 e. The van der Waals surface area contributed by atoms with Crippen LogP contribution >= 0.6 is 0 Å². The molecule has 0 saturated carbocycles. The predicted octanol–water partition coefficient (Wildman–Crippen LogP) is 1.59. The summed E-state index contributed by atoms with van der Waals surface area (Å²) in [6.07, 6.45) is 1.07. The number of hydrogen-bond donors (Lipinski definition) is 2. The standard InChI is InChI=1S/C23H31N3O2/c1-4-28-17-23(27)24-15-22(19-9-11-21(12-10-19)25(2)3)26-14-13-18-7-5-6-8-20(18)16-26/h5-12,22H,4,13-17H2,1-3H3,(H,24,27)/p+1/t22-/m1/s1. The molecule has 2 atom stereocenters. The van der Waals surface area contributed by atoms with Crippen LogP contribution in [0.1, 0.15) is 29.7 Å². The fourth-order valence-corrected chi connectivity index (χ4v) is 3.86. The number of nitrogens with zero attached hydrogens (tertiary/aromatic N) is 1. The van der Waals surface area contributed by atoms with Crippen molar-refractivity contribution in [3.05, 3.63) is 65.2 Å². The lowest BCUT2D eigenvalue weighted by Crippen LogP contribution is -3.12. The summed E-state index contributed by atoms with van der Waals surface area (Å²) >= 11 is 0. The van der Waals surface area contributed by atoms with Gasteiger partial charge in [0.05, 0.1) is 13.1 Å². The van der Waals surface area contributed by atoms with Gasteiger partial charge in [0.15, 0.2) is 0 Å². The maximum absolute atomic E-state index is 12.1. The fourth-order valence-electron chi connectivity index (χ4n) is 3.86. The third kappa shape index (κ3) is 5.12. The van der Waals surface area contributed by atoms with E-state index in [1.807, 2.05) is 21.0 Å². The second kappa shape index (κ2) is 9.71. The summed E-state index contributed by atoms with van der Waals surface area (Å²) in [7, 11) is 4.10. The van der Waals surface area contributed by atoms with Crippen LogP contribution in [0.25, 0.3) is 0 Å². The Morgan fingerprint density at radius 2 is 1.86 bits per heavy atom. The van der Waals surface area contributed by atoms with E-state index in [0.717, 1.165) is 19.5 Å². The third-order valence-corrected chi connectivity index (χ3v) is 5.50. The van der Waals surface area contributed by atoms with Crippen molar-refractivity contribution in [2.75, 3.05) is 45.3 Å². The van der Waals surface area contributed by atoms with Crippen LogP contribution in [0.4, 0.5) is 5.69 Å². The predicted molar refractivity (Wildman–Crippen MR) is 113 cm³/mol. The van der Waals surface area contributed by atoms with Crippen molar-refractivity contribution in [2.45, 2.75) is 25.9 Å². The van der Waals surface area contributed by atoms with Crippen LogP contribution in [0, 0.1) is 0 Å². The van der Waals surface area contributed by atoms with E-state index >= 15 is 0 Å². The van der Waals surface area contributed by atoms with E-state index in [0.29, 0.717) is 13.2 Å². The summed E-state index contributed by atoms with van der Waals surface area (Å²) in [5, 5.41) is 3.08. The minimum Gasteiger partial charge on any atom is -0.378 e. The van der Waals surface area contributed by atoms with Crippen molar-refractivity contribution in [1.82, 2.24) is 5.32 Å². The minimum absolute atomic E-state index is 0.0476. The molecule has 1 heterocycles. The summed E-state index contributed by atoms with van der Waals surface area (Å²) in [5.74, 6) is -0.0476. The van der Waals surface area contributed by atoms with Crippen molar-refractivity contribution >= 4 is 11.6 Å². The average molecular weight is 383 g/mol. The molecule has 2 aromatic rings. The molecule has 0 aliphatic carbocycles. The molecule has 2 N–H and O–H groups in total. The summed E-state index contributed by atoms with van der Waals surface area (Å²) in [4.78, 5) is 15.7. The zero-order valence-electron chi connectivity index (χ0n) is 17.2. The number of hydrogen-bond acceptors (Lipinski definition) is 3. The summed E-state index contributed by atoms with van der Waals surface area (Å²) in [6, 6.07) is 17.6. The van der Waals surface area contributed by atoms with E-state index in [2.05, 4.69) is 58.7 Å². The molecule has 5 nitrogen and oxygen atoms in total. The Morgan fingerprint density at radius 3 is 2.54 bits per heavy atom. The number of nitrogens with one attached hydrogen (secondary N) is 2. The second-order valence-corrected chi connectivity index (χ2v) is 7.58. The van der Waals surface area contributed by atoms with Gasteiger partial charge in [-0.2, -0.15) is 0 Å². The Balaban J connectivity index is 1.77. The Kier molecular flexibility index (Phi) is 7.06. The van der Waals surface area contributed by atoms with Crippen molar-refractivity contribution in [2.24, 2.45) is 0 Å². The Hall–Kier alpha value is -2.37. The maximum Gasteiger partial charge on any atom is 0.246 e. The van der Waals surface area contributed by atoms with Crippen LogP contribution in [0.15, 0.2) is 48.5 Å². The molecular weight excluding hydrogens is 350 g/mol. The van der Waals surface area contributed by atoms with Gasteiger partial charge in [0, 0.05) is 43.9 Å². The van der Waals surface area contributed by atoms with Crippen LogP contribution in [0.5, 0.6) is 0 Å². The van der Waals surface area contributed by atoms with Gasteiger partial charge in [-0.15, -0.1) is 0 Å². The van der Waals surface area contributed by atoms with Gasteiger partial charge >= 0.3 is 0 Å². The van der Waals surface area contributed by atoms with Crippen molar-refractivity contribution in [3.8, 4) is 0 Å². The van der Waals surface area contributed by atoms with Crippen LogP contribution in [0.3, 0.4) is 0 Å². The highest BCUT2D eigenvalue weighted by Crippen LogP contribution is 2.18. The first-order valence-electron chi connectivity index (χ1n) is 10.1. The Bertz CT molecular complexity index is 774. The van der Waals surface area contributed by atoms with Crippen molar-refractivity contribution in [3.63, 3.8) is 0 Å². The number of ether oxygens (including phenoxy) is 1. The molecule has 2 aromatic carbocycles. The number of quaternary nitrogens is 1. The average Bonchev–Trinajstić information content (AvgIpc) is 2.72. The summed E-state index contributed by atoms with van der Waals surface area (Å²) in [5.41, 5.74) is 5.31. The van der Waals surface area contributed by atoms with Gasteiger partial charge in [0.25, 0.3) is 0 Å². The Morgan fingerprint density at radius 1 is 1.14 bits per heavy atom. The number of anilines is 1. The van der Waals surface area contributed by atoms with Gasteiger partial charge < -0.3 is 19.9 Å². The summed E-state index contributed by atoms with van der Waals surface area (Å²) in [6.45, 7) is 5.25. The molecule has 150 valence electrons. The lowest BCUT2D eigenvalue weighted by molar-refractivity contribution is -0.945. The molecule has 1 amide bonds. The van der Waals surface area contributed by atoms with Gasteiger partial charge in [0.2, 0.25) is 5.91 Å². The molecule has 1 aliphatic heterocycles. The van der Waals surface area contributed by atoms with Crippen molar-refractivity contribution < 1.29 is 14.4 Å². The van der Waals surface area contributed by atoms with Gasteiger partial charge in [-0.1, -0.05) is 36.4 Å². The lowest BCUT2D eigenvalue weighted by atomic mass is 9.96. The van der Waals surface area contributed by atoms with Gasteiger partial charge in [0.1, 0.15) is 19.2 Å². The normalized spacial score (nSPS) is 16.9. The van der Waals surface area contributed by atoms with Crippen LogP contribution in [-0.4, -0.2) is 46.3 Å². The number of benzene rings is 2. The van der Waals surface area contributed by atoms with E-state index < -0.39 is 0 Å². The quantitative estimate of drug-likeness (QED) is 0.729. The molecule has 0 fully saturated rings.